The van der Waals surface area contributed by atoms with Crippen molar-refractivity contribution in [1.29, 1.82) is 0 Å². The van der Waals surface area contributed by atoms with E-state index in [0.717, 1.165) is 0 Å². The summed E-state index contributed by atoms with van der Waals surface area (Å²) in [4.78, 5) is 18.9. The molecule has 5 heteroatoms. The highest BCUT2D eigenvalue weighted by molar-refractivity contribution is 5.71. The average molecular weight is 133 g/mol. The van der Waals surface area contributed by atoms with E-state index in [4.69, 9.17) is 5.11 Å². The Kier molecular flexibility index (Phi) is 2.63. The first-order valence-electron chi connectivity index (χ1n) is 2.46. The molecule has 0 fully saturated rings. The van der Waals surface area contributed by atoms with Gasteiger partial charge in [0.2, 0.25) is 0 Å². The van der Waals surface area contributed by atoms with Crippen molar-refractivity contribution in [2.75, 3.05) is 0 Å². The van der Waals surface area contributed by atoms with Gasteiger partial charge >= 0.3 is 12.0 Å². The lowest BCUT2D eigenvalue weighted by atomic mass is 10.2. The van der Waals surface area contributed by atoms with E-state index in [1.54, 1.807) is 0 Å². The molecule has 0 aliphatic heterocycles. The van der Waals surface area contributed by atoms with Gasteiger partial charge in [0.05, 0.1) is 0 Å². The molecule has 0 amide bonds. The van der Waals surface area contributed by atoms with E-state index in [9.17, 15) is 14.9 Å². The van der Waals surface area contributed by atoms with Crippen LogP contribution in [0, 0.1) is 10.1 Å². The molecule has 0 aromatic rings. The summed E-state index contributed by atoms with van der Waals surface area (Å²) in [6.45, 7) is 1.46. The molecule has 9 heavy (non-hydrogen) atoms. The molecule has 0 aromatic heterocycles. The zero-order chi connectivity index (χ0) is 7.44. The lowest BCUT2D eigenvalue weighted by Crippen LogP contribution is -2.27. The molecule has 0 radical (unpaired) electrons. The minimum absolute atomic E-state index is 0.0301. The first-order chi connectivity index (χ1) is 4.09. The number of hydrogen-bond donors (Lipinski definition) is 1. The third-order valence-corrected chi connectivity index (χ3v) is 0.926. The highest BCUT2D eigenvalue weighted by Crippen LogP contribution is 1.94. The zero-order valence-electron chi connectivity index (χ0n) is 4.90. The van der Waals surface area contributed by atoms with E-state index in [-0.39, 0.29) is 6.42 Å². The van der Waals surface area contributed by atoms with Crippen LogP contribution in [0.3, 0.4) is 0 Å². The minimum atomic E-state index is -1.44. The first-order valence-corrected chi connectivity index (χ1v) is 2.46. The number of rotatable bonds is 3. The Balaban J connectivity index is 3.99. The fourth-order valence-electron chi connectivity index (χ4n) is 0.414. The van der Waals surface area contributed by atoms with Gasteiger partial charge in [-0.2, -0.15) is 0 Å². The van der Waals surface area contributed by atoms with Crippen LogP contribution in [-0.2, 0) is 4.79 Å². The lowest BCUT2D eigenvalue weighted by molar-refractivity contribution is -0.510. The van der Waals surface area contributed by atoms with Crippen molar-refractivity contribution < 1.29 is 14.8 Å². The second-order valence-corrected chi connectivity index (χ2v) is 1.55. The summed E-state index contributed by atoms with van der Waals surface area (Å²) < 4.78 is 0. The van der Waals surface area contributed by atoms with Crippen LogP contribution in [0.2, 0.25) is 0 Å². The standard InChI is InChI=1S/C4H7NO4/c1-2-3(4(6)7)5(8)9/h3H,2H2,1H3,(H,6,7). The van der Waals surface area contributed by atoms with Crippen LogP contribution >= 0.6 is 0 Å². The fourth-order valence-corrected chi connectivity index (χ4v) is 0.414. The van der Waals surface area contributed by atoms with Gasteiger partial charge < -0.3 is 5.11 Å². The van der Waals surface area contributed by atoms with Crippen LogP contribution in [0.25, 0.3) is 0 Å². The summed E-state index contributed by atoms with van der Waals surface area (Å²) in [5.41, 5.74) is 0. The molecule has 0 saturated heterocycles. The van der Waals surface area contributed by atoms with Gasteiger partial charge in [0.25, 0.3) is 0 Å². The van der Waals surface area contributed by atoms with Crippen LogP contribution < -0.4 is 0 Å². The SMILES string of the molecule is CCC(C(=O)O)[N+](=O)[O-]. The van der Waals surface area contributed by atoms with Gasteiger partial charge in [0, 0.05) is 11.3 Å². The van der Waals surface area contributed by atoms with Crippen molar-refractivity contribution in [2.45, 2.75) is 19.4 Å². The summed E-state index contributed by atoms with van der Waals surface area (Å²) in [7, 11) is 0. The quantitative estimate of drug-likeness (QED) is 0.438. The number of carbonyl (C=O) groups is 1. The van der Waals surface area contributed by atoms with Gasteiger partial charge in [-0.3, -0.25) is 10.1 Å². The normalized spacial score (nSPS) is 12.6. The Bertz CT molecular complexity index is 119. The van der Waals surface area contributed by atoms with Crippen molar-refractivity contribution >= 4 is 5.97 Å². The molecule has 0 rings (SSSR count). The third kappa shape index (κ3) is 2.07. The van der Waals surface area contributed by atoms with Crippen LogP contribution in [0.1, 0.15) is 13.3 Å². The van der Waals surface area contributed by atoms with E-state index >= 15 is 0 Å². The maximum absolute atomic E-state index is 9.93. The Morgan fingerprint density at radius 2 is 2.33 bits per heavy atom. The number of aliphatic carboxylic acids is 1. The maximum atomic E-state index is 9.93. The monoisotopic (exact) mass is 133 g/mol. The predicted molar refractivity (Wildman–Crippen MR) is 28.7 cm³/mol. The Hall–Kier alpha value is -1.13. The Morgan fingerprint density at radius 1 is 1.89 bits per heavy atom. The molecule has 1 atom stereocenters. The first kappa shape index (κ1) is 7.87. The minimum Gasteiger partial charge on any atom is -0.476 e. The molecule has 0 aliphatic carbocycles. The molecule has 1 unspecified atom stereocenters. The highest BCUT2D eigenvalue weighted by atomic mass is 16.6. The number of carboxylic acid groups (broad SMARTS) is 1. The second-order valence-electron chi connectivity index (χ2n) is 1.55. The lowest BCUT2D eigenvalue weighted by Gasteiger charge is -1.97. The summed E-state index contributed by atoms with van der Waals surface area (Å²) in [6, 6.07) is -1.44. The predicted octanol–water partition coefficient (Wildman–Crippen LogP) is 0.126. The third-order valence-electron chi connectivity index (χ3n) is 0.926. The van der Waals surface area contributed by atoms with Gasteiger partial charge in [-0.25, -0.2) is 4.79 Å². The van der Waals surface area contributed by atoms with Crippen LogP contribution in [0.4, 0.5) is 0 Å². The maximum Gasteiger partial charge on any atom is 0.379 e. The van der Waals surface area contributed by atoms with Crippen LogP contribution in [0.5, 0.6) is 0 Å². The zero-order valence-corrected chi connectivity index (χ0v) is 4.90. The van der Waals surface area contributed by atoms with Gasteiger partial charge in [-0.1, -0.05) is 6.92 Å². The number of hydrogen-bond acceptors (Lipinski definition) is 3. The second kappa shape index (κ2) is 3.01. The van der Waals surface area contributed by atoms with Crippen molar-refractivity contribution in [1.82, 2.24) is 0 Å². The Labute approximate surface area is 51.4 Å². The van der Waals surface area contributed by atoms with Crippen LogP contribution in [-0.4, -0.2) is 22.0 Å². The largest absolute Gasteiger partial charge is 0.476 e. The van der Waals surface area contributed by atoms with Crippen molar-refractivity contribution in [2.24, 2.45) is 0 Å². The van der Waals surface area contributed by atoms with E-state index < -0.39 is 16.9 Å². The van der Waals surface area contributed by atoms with E-state index in [0.29, 0.717) is 0 Å². The van der Waals surface area contributed by atoms with E-state index in [1.165, 1.54) is 6.92 Å². The average Bonchev–Trinajstić information content (AvgIpc) is 1.64. The van der Waals surface area contributed by atoms with Crippen molar-refractivity contribution in [3.63, 3.8) is 0 Å². The molecule has 52 valence electrons. The molecule has 0 saturated carbocycles. The Morgan fingerprint density at radius 3 is 2.33 bits per heavy atom. The van der Waals surface area contributed by atoms with Crippen LogP contribution in [0.15, 0.2) is 0 Å². The van der Waals surface area contributed by atoms with Crippen molar-refractivity contribution in [3.8, 4) is 0 Å². The summed E-state index contributed by atoms with van der Waals surface area (Å²) >= 11 is 0. The van der Waals surface area contributed by atoms with Gasteiger partial charge in [-0.05, 0) is 0 Å². The van der Waals surface area contributed by atoms with Gasteiger partial charge in [0.1, 0.15) is 0 Å². The fraction of sp³-hybridized carbons (Fsp3) is 0.750. The number of nitro groups is 1. The molecule has 0 aliphatic rings. The molecule has 5 nitrogen and oxygen atoms in total. The smallest absolute Gasteiger partial charge is 0.379 e. The highest BCUT2D eigenvalue weighted by Gasteiger charge is 2.25. The molecule has 0 aromatic carbocycles. The number of carboxylic acids is 1. The summed E-state index contributed by atoms with van der Waals surface area (Å²) in [5, 5.41) is 17.9. The molecular weight excluding hydrogens is 126 g/mol. The molecule has 1 N–H and O–H groups in total. The number of nitrogens with zero attached hydrogens (tertiary/aromatic N) is 1. The van der Waals surface area contributed by atoms with Crippen molar-refractivity contribution in [3.05, 3.63) is 10.1 Å². The van der Waals surface area contributed by atoms with Gasteiger partial charge in [0.15, 0.2) is 0 Å². The molecule has 0 spiro atoms. The van der Waals surface area contributed by atoms with E-state index in [1.807, 2.05) is 0 Å². The van der Waals surface area contributed by atoms with E-state index in [2.05, 4.69) is 0 Å². The summed E-state index contributed by atoms with van der Waals surface area (Å²) in [6.07, 6.45) is 0.0301. The van der Waals surface area contributed by atoms with Gasteiger partial charge in [-0.15, -0.1) is 0 Å². The molecule has 0 heterocycles. The topological polar surface area (TPSA) is 80.4 Å². The molecular formula is C4H7NO4. The summed E-state index contributed by atoms with van der Waals surface area (Å²) in [5.74, 6) is -1.37. The molecule has 0 bridgehead atoms.